The second-order valence-corrected chi connectivity index (χ2v) is 6.32. The number of benzene rings is 1. The van der Waals surface area contributed by atoms with Gasteiger partial charge >= 0.3 is 0 Å². The average Bonchev–Trinajstić information content (AvgIpc) is 2.77. The van der Waals surface area contributed by atoms with E-state index in [1.54, 1.807) is 0 Å². The van der Waals surface area contributed by atoms with Crippen molar-refractivity contribution >= 4 is 15.9 Å². The van der Waals surface area contributed by atoms with E-state index >= 15 is 0 Å². The van der Waals surface area contributed by atoms with Crippen molar-refractivity contribution in [1.29, 1.82) is 0 Å². The number of aromatic nitrogens is 2. The maximum Gasteiger partial charge on any atom is 0.125 e. The van der Waals surface area contributed by atoms with Crippen molar-refractivity contribution < 1.29 is 4.74 Å². The zero-order valence-electron chi connectivity index (χ0n) is 12.8. The van der Waals surface area contributed by atoms with Gasteiger partial charge in [0.1, 0.15) is 18.2 Å². The molecule has 4 nitrogen and oxygen atoms in total. The summed E-state index contributed by atoms with van der Waals surface area (Å²) in [7, 11) is 0. The number of nitrogens with two attached hydrogens (primary N) is 1. The van der Waals surface area contributed by atoms with Gasteiger partial charge in [-0.2, -0.15) is 0 Å². The molecular weight excluding hydrogens is 330 g/mol. The van der Waals surface area contributed by atoms with E-state index in [9.17, 15) is 0 Å². The van der Waals surface area contributed by atoms with E-state index in [0.29, 0.717) is 6.61 Å². The Kier molecular flexibility index (Phi) is 5.42. The van der Waals surface area contributed by atoms with Crippen LogP contribution in [0.15, 0.2) is 29.0 Å². The number of hydrogen-bond acceptors (Lipinski definition) is 3. The van der Waals surface area contributed by atoms with E-state index in [2.05, 4.69) is 44.5 Å². The van der Waals surface area contributed by atoms with Gasteiger partial charge in [0, 0.05) is 22.9 Å². The molecule has 0 bridgehead atoms. The molecular formula is C16H22BrN3O. The lowest BCUT2D eigenvalue weighted by molar-refractivity contribution is 0.292. The third-order valence-electron chi connectivity index (χ3n) is 3.36. The van der Waals surface area contributed by atoms with Gasteiger partial charge in [0.25, 0.3) is 0 Å². The van der Waals surface area contributed by atoms with Gasteiger partial charge in [0.15, 0.2) is 0 Å². The lowest BCUT2D eigenvalue weighted by atomic mass is 10.0. The lowest BCUT2D eigenvalue weighted by Crippen LogP contribution is -2.19. The Labute approximate surface area is 134 Å². The molecule has 21 heavy (non-hydrogen) atoms. The Bertz CT molecular complexity index is 608. The quantitative estimate of drug-likeness (QED) is 0.868. The Balaban J connectivity index is 2.09. The first-order chi connectivity index (χ1) is 9.97. The van der Waals surface area contributed by atoms with Crippen LogP contribution in [-0.2, 0) is 13.0 Å². The molecule has 5 heteroatoms. The number of nitrogens with zero attached hydrogens (tertiary/aromatic N) is 2. The molecule has 1 unspecified atom stereocenters. The van der Waals surface area contributed by atoms with Crippen LogP contribution >= 0.6 is 15.9 Å². The Morgan fingerprint density at radius 2 is 2.14 bits per heavy atom. The second-order valence-electron chi connectivity index (χ2n) is 5.41. The SMILES string of the molecule is Cc1cc(Br)cc(CC(C)N)c1OCCn1ccnc1C. The monoisotopic (exact) mass is 351 g/mol. The van der Waals surface area contributed by atoms with Crippen molar-refractivity contribution in [3.63, 3.8) is 0 Å². The van der Waals surface area contributed by atoms with E-state index in [0.717, 1.165) is 40.1 Å². The van der Waals surface area contributed by atoms with E-state index in [1.807, 2.05) is 26.2 Å². The van der Waals surface area contributed by atoms with Crippen molar-refractivity contribution in [3.8, 4) is 5.75 Å². The normalized spacial score (nSPS) is 12.4. The molecule has 0 fully saturated rings. The van der Waals surface area contributed by atoms with Crippen LogP contribution in [0.25, 0.3) is 0 Å². The van der Waals surface area contributed by atoms with Crippen LogP contribution in [0, 0.1) is 13.8 Å². The van der Waals surface area contributed by atoms with Crippen molar-refractivity contribution in [3.05, 3.63) is 46.0 Å². The maximum atomic E-state index is 6.03. The van der Waals surface area contributed by atoms with Gasteiger partial charge in [-0.1, -0.05) is 15.9 Å². The van der Waals surface area contributed by atoms with Gasteiger partial charge in [-0.25, -0.2) is 4.98 Å². The van der Waals surface area contributed by atoms with Crippen molar-refractivity contribution in [2.24, 2.45) is 5.73 Å². The molecule has 1 heterocycles. The minimum Gasteiger partial charge on any atom is -0.491 e. The van der Waals surface area contributed by atoms with Crippen molar-refractivity contribution in [2.75, 3.05) is 6.61 Å². The standard InChI is InChI=1S/C16H22BrN3O/c1-11-8-15(17)10-14(9-12(2)18)16(11)21-7-6-20-5-4-19-13(20)3/h4-5,8,10,12H,6-7,9,18H2,1-3H3. The lowest BCUT2D eigenvalue weighted by Gasteiger charge is -2.17. The van der Waals surface area contributed by atoms with E-state index in [1.165, 1.54) is 0 Å². The Morgan fingerprint density at radius 3 is 2.76 bits per heavy atom. The van der Waals surface area contributed by atoms with Crippen LogP contribution < -0.4 is 10.5 Å². The summed E-state index contributed by atoms with van der Waals surface area (Å²) in [5.41, 5.74) is 8.22. The van der Waals surface area contributed by atoms with Crippen LogP contribution in [-0.4, -0.2) is 22.2 Å². The van der Waals surface area contributed by atoms with Crippen LogP contribution in [0.1, 0.15) is 23.9 Å². The summed E-state index contributed by atoms with van der Waals surface area (Å²) in [5.74, 6) is 1.95. The molecule has 114 valence electrons. The van der Waals surface area contributed by atoms with E-state index < -0.39 is 0 Å². The fourth-order valence-corrected chi connectivity index (χ4v) is 3.01. The summed E-state index contributed by atoms with van der Waals surface area (Å²) in [5, 5.41) is 0. The second kappa shape index (κ2) is 7.09. The number of imidazole rings is 1. The number of hydrogen-bond donors (Lipinski definition) is 1. The summed E-state index contributed by atoms with van der Waals surface area (Å²) >= 11 is 3.54. The van der Waals surface area contributed by atoms with Gasteiger partial charge < -0.3 is 15.0 Å². The fraction of sp³-hybridized carbons (Fsp3) is 0.438. The predicted molar refractivity (Wildman–Crippen MR) is 88.7 cm³/mol. The van der Waals surface area contributed by atoms with Crippen LogP contribution in [0.5, 0.6) is 5.75 Å². The smallest absolute Gasteiger partial charge is 0.125 e. The zero-order chi connectivity index (χ0) is 15.4. The first-order valence-corrected chi connectivity index (χ1v) is 7.92. The van der Waals surface area contributed by atoms with Crippen LogP contribution in [0.3, 0.4) is 0 Å². The van der Waals surface area contributed by atoms with Gasteiger partial charge in [0.2, 0.25) is 0 Å². The largest absolute Gasteiger partial charge is 0.491 e. The van der Waals surface area contributed by atoms with Gasteiger partial charge in [-0.3, -0.25) is 0 Å². The molecule has 0 radical (unpaired) electrons. The number of ether oxygens (including phenoxy) is 1. The molecule has 0 aliphatic rings. The fourth-order valence-electron chi connectivity index (χ4n) is 2.39. The molecule has 2 N–H and O–H groups in total. The molecule has 0 spiro atoms. The van der Waals surface area contributed by atoms with Gasteiger partial charge in [-0.05, 0) is 50.5 Å². The zero-order valence-corrected chi connectivity index (χ0v) is 14.4. The Hall–Kier alpha value is -1.33. The van der Waals surface area contributed by atoms with Crippen molar-refractivity contribution in [2.45, 2.75) is 39.8 Å². The minimum absolute atomic E-state index is 0.108. The third kappa shape index (κ3) is 4.32. The molecule has 0 aliphatic carbocycles. The minimum atomic E-state index is 0.108. The highest BCUT2D eigenvalue weighted by Gasteiger charge is 2.11. The van der Waals surface area contributed by atoms with E-state index in [-0.39, 0.29) is 6.04 Å². The highest BCUT2D eigenvalue weighted by Crippen LogP contribution is 2.29. The molecule has 0 amide bonds. The number of rotatable bonds is 6. The molecule has 1 aromatic heterocycles. The van der Waals surface area contributed by atoms with Crippen LogP contribution in [0.4, 0.5) is 0 Å². The summed E-state index contributed by atoms with van der Waals surface area (Å²) in [4.78, 5) is 4.21. The highest BCUT2D eigenvalue weighted by atomic mass is 79.9. The molecule has 0 saturated carbocycles. The first kappa shape index (κ1) is 16.0. The van der Waals surface area contributed by atoms with Crippen molar-refractivity contribution in [1.82, 2.24) is 9.55 Å². The summed E-state index contributed by atoms with van der Waals surface area (Å²) in [6, 6.07) is 4.27. The molecule has 1 aromatic carbocycles. The summed E-state index contributed by atoms with van der Waals surface area (Å²) in [6.45, 7) is 7.47. The highest BCUT2D eigenvalue weighted by molar-refractivity contribution is 9.10. The molecule has 0 aliphatic heterocycles. The molecule has 2 aromatic rings. The molecule has 0 saturated heterocycles. The average molecular weight is 352 g/mol. The van der Waals surface area contributed by atoms with E-state index in [4.69, 9.17) is 10.5 Å². The summed E-state index contributed by atoms with van der Waals surface area (Å²) in [6.07, 6.45) is 4.58. The maximum absolute atomic E-state index is 6.03. The first-order valence-electron chi connectivity index (χ1n) is 7.12. The van der Waals surface area contributed by atoms with Gasteiger partial charge in [0.05, 0.1) is 6.54 Å². The summed E-state index contributed by atoms with van der Waals surface area (Å²) < 4.78 is 9.17. The Morgan fingerprint density at radius 1 is 1.38 bits per heavy atom. The topological polar surface area (TPSA) is 53.1 Å². The van der Waals surface area contributed by atoms with Crippen LogP contribution in [0.2, 0.25) is 0 Å². The third-order valence-corrected chi connectivity index (χ3v) is 3.82. The predicted octanol–water partition coefficient (Wildman–Crippen LogP) is 3.23. The number of halogens is 1. The van der Waals surface area contributed by atoms with Gasteiger partial charge in [-0.15, -0.1) is 0 Å². The number of aryl methyl sites for hydroxylation is 2. The molecule has 1 atom stereocenters. The molecule has 2 rings (SSSR count).